The van der Waals surface area contributed by atoms with E-state index in [-0.39, 0.29) is 5.91 Å². The molecule has 0 aromatic rings. The molecule has 0 rings (SSSR count). The molecule has 28 heavy (non-hydrogen) atoms. The van der Waals surface area contributed by atoms with E-state index in [2.05, 4.69) is 27.7 Å². The fraction of sp³-hybridized carbons (Fsp3) is 0.917. The predicted octanol–water partition coefficient (Wildman–Crippen LogP) is 7.06. The van der Waals surface area contributed by atoms with Crippen molar-refractivity contribution in [3.63, 3.8) is 0 Å². The van der Waals surface area contributed by atoms with Crippen molar-refractivity contribution in [1.82, 2.24) is 4.90 Å². The van der Waals surface area contributed by atoms with Gasteiger partial charge in [0.15, 0.2) is 0 Å². The van der Waals surface area contributed by atoms with E-state index in [0.29, 0.717) is 11.8 Å². The van der Waals surface area contributed by atoms with E-state index in [1.807, 2.05) is 14.1 Å². The zero-order chi connectivity index (χ0) is 21.8. The number of hydrogen-bond acceptors (Lipinski definition) is 2. The van der Waals surface area contributed by atoms with E-state index in [9.17, 15) is 9.59 Å². The second-order valence-corrected chi connectivity index (χ2v) is 9.38. The average molecular weight is 400 g/mol. The first kappa shape index (κ1) is 29.1. The number of amides is 1. The highest BCUT2D eigenvalue weighted by molar-refractivity contribution is 5.75. The number of carbonyl (C=O) groups is 2. The molecular formula is C24H49NO3. The fourth-order valence-electron chi connectivity index (χ4n) is 2.92. The summed E-state index contributed by atoms with van der Waals surface area (Å²) in [4.78, 5) is 23.1. The van der Waals surface area contributed by atoms with Crippen LogP contribution in [-0.2, 0) is 9.59 Å². The van der Waals surface area contributed by atoms with Gasteiger partial charge in [-0.3, -0.25) is 9.59 Å². The maximum absolute atomic E-state index is 11.3. The van der Waals surface area contributed by atoms with Gasteiger partial charge < -0.3 is 10.0 Å². The molecule has 0 radical (unpaired) electrons. The molecule has 0 aliphatic rings. The van der Waals surface area contributed by atoms with Crippen molar-refractivity contribution in [3.8, 4) is 0 Å². The Morgan fingerprint density at radius 1 is 0.714 bits per heavy atom. The molecular weight excluding hydrogens is 350 g/mol. The molecule has 4 heteroatoms. The van der Waals surface area contributed by atoms with Crippen molar-refractivity contribution in [2.24, 2.45) is 5.41 Å². The molecule has 0 heterocycles. The summed E-state index contributed by atoms with van der Waals surface area (Å²) in [6.45, 7) is 8.89. The minimum atomic E-state index is -0.675. The third-order valence-electron chi connectivity index (χ3n) is 4.81. The van der Waals surface area contributed by atoms with Crippen molar-refractivity contribution >= 4 is 11.9 Å². The van der Waals surface area contributed by atoms with Gasteiger partial charge in [-0.15, -0.1) is 0 Å². The van der Waals surface area contributed by atoms with Crippen LogP contribution in [0.2, 0.25) is 0 Å². The lowest BCUT2D eigenvalue weighted by atomic mass is 9.89. The quantitative estimate of drug-likeness (QED) is 0.300. The highest BCUT2D eigenvalue weighted by Gasteiger charge is 2.08. The van der Waals surface area contributed by atoms with Crippen LogP contribution in [0.25, 0.3) is 0 Å². The average Bonchev–Trinajstić information content (AvgIpc) is 2.59. The number of hydrogen-bond donors (Lipinski definition) is 1. The third kappa shape index (κ3) is 27.2. The van der Waals surface area contributed by atoms with Crippen LogP contribution in [0.4, 0.5) is 0 Å². The zero-order valence-corrected chi connectivity index (χ0v) is 19.8. The molecule has 0 bridgehead atoms. The summed E-state index contributed by atoms with van der Waals surface area (Å²) in [5.41, 5.74) is 0.392. The molecule has 0 aliphatic heterocycles. The molecule has 0 atom stereocenters. The fourth-order valence-corrected chi connectivity index (χ4v) is 2.92. The zero-order valence-electron chi connectivity index (χ0n) is 19.8. The first-order valence-corrected chi connectivity index (χ1v) is 11.5. The lowest BCUT2D eigenvalue weighted by Gasteiger charge is -2.17. The van der Waals surface area contributed by atoms with Gasteiger partial charge in [0.1, 0.15) is 0 Å². The molecule has 0 saturated heterocycles. The van der Waals surface area contributed by atoms with Gasteiger partial charge in [0.25, 0.3) is 0 Å². The van der Waals surface area contributed by atoms with Crippen LogP contribution in [0.1, 0.15) is 124 Å². The minimum Gasteiger partial charge on any atom is -0.481 e. The molecule has 1 N–H and O–H groups in total. The molecule has 0 spiro atoms. The van der Waals surface area contributed by atoms with Crippen LogP contribution in [-0.4, -0.2) is 36.0 Å². The Balaban J connectivity index is 0. The second-order valence-electron chi connectivity index (χ2n) is 9.38. The number of rotatable bonds is 15. The van der Waals surface area contributed by atoms with E-state index in [0.717, 1.165) is 32.1 Å². The van der Waals surface area contributed by atoms with E-state index < -0.39 is 5.97 Å². The van der Waals surface area contributed by atoms with Gasteiger partial charge in [0.05, 0.1) is 0 Å². The molecule has 1 amide bonds. The lowest BCUT2D eigenvalue weighted by molar-refractivity contribution is -0.137. The number of unbranched alkanes of at least 4 members (excludes halogenated alkanes) is 10. The van der Waals surface area contributed by atoms with Crippen LogP contribution < -0.4 is 0 Å². The first-order chi connectivity index (χ1) is 13.1. The maximum Gasteiger partial charge on any atom is 0.303 e. The van der Waals surface area contributed by atoms with Gasteiger partial charge >= 0.3 is 5.97 Å². The smallest absolute Gasteiger partial charge is 0.303 e. The molecule has 4 nitrogen and oxygen atoms in total. The van der Waals surface area contributed by atoms with Crippen molar-refractivity contribution in [1.29, 1.82) is 0 Å². The van der Waals surface area contributed by atoms with Crippen molar-refractivity contribution in [2.75, 3.05) is 14.1 Å². The third-order valence-corrected chi connectivity index (χ3v) is 4.81. The van der Waals surface area contributed by atoms with Crippen LogP contribution >= 0.6 is 0 Å². The van der Waals surface area contributed by atoms with E-state index in [1.165, 1.54) is 57.8 Å². The van der Waals surface area contributed by atoms with Gasteiger partial charge in [-0.1, -0.05) is 91.9 Å². The maximum atomic E-state index is 11.3. The molecule has 0 fully saturated rings. The van der Waals surface area contributed by atoms with Gasteiger partial charge in [-0.25, -0.2) is 0 Å². The Hall–Kier alpha value is -1.06. The van der Waals surface area contributed by atoms with Gasteiger partial charge in [0, 0.05) is 26.9 Å². The normalized spacial score (nSPS) is 10.9. The largest absolute Gasteiger partial charge is 0.481 e. The Morgan fingerprint density at radius 2 is 1.14 bits per heavy atom. The summed E-state index contributed by atoms with van der Waals surface area (Å²) >= 11 is 0. The Kier molecular flexibility index (Phi) is 20.1. The lowest BCUT2D eigenvalue weighted by Crippen LogP contribution is -2.20. The van der Waals surface area contributed by atoms with Crippen molar-refractivity contribution < 1.29 is 14.7 Å². The van der Waals surface area contributed by atoms with E-state index in [4.69, 9.17) is 5.11 Å². The predicted molar refractivity (Wildman–Crippen MR) is 121 cm³/mol. The number of aliphatic carboxylic acids is 1. The van der Waals surface area contributed by atoms with Crippen LogP contribution in [0.5, 0.6) is 0 Å². The summed E-state index contributed by atoms with van der Waals surface area (Å²) in [6, 6.07) is 0. The van der Waals surface area contributed by atoms with Crippen LogP contribution in [0.15, 0.2) is 0 Å². The van der Waals surface area contributed by atoms with E-state index in [1.54, 1.807) is 4.90 Å². The number of carboxylic acid groups (broad SMARTS) is 1. The first-order valence-electron chi connectivity index (χ1n) is 11.5. The Morgan fingerprint density at radius 3 is 1.57 bits per heavy atom. The summed E-state index contributed by atoms with van der Waals surface area (Å²) in [5.74, 6) is -0.409. The molecule has 168 valence electrons. The van der Waals surface area contributed by atoms with Crippen molar-refractivity contribution in [2.45, 2.75) is 124 Å². The Labute approximate surface area is 175 Å². The summed E-state index contributed by atoms with van der Waals surface area (Å²) in [7, 11) is 3.66. The summed E-state index contributed by atoms with van der Waals surface area (Å²) in [5, 5.41) is 8.37. The molecule has 0 aliphatic carbocycles. The summed E-state index contributed by atoms with van der Waals surface area (Å²) < 4.78 is 0. The van der Waals surface area contributed by atoms with Crippen LogP contribution in [0.3, 0.4) is 0 Å². The number of carbonyl (C=O) groups excluding carboxylic acids is 1. The standard InChI is InChI=1S/C14H29NO.C10H20O2/c1-4-5-6-7-8-9-10-11-12-13-14(16)15(2)3;1-10(2,3)8-6-4-5-7-9(11)12/h4-13H2,1-3H3;4-8H2,1-3H3,(H,11,12). The SMILES string of the molecule is CC(C)(C)CCCCCC(=O)O.CCCCCCCCCCCC(=O)N(C)C. The number of nitrogens with zero attached hydrogens (tertiary/aromatic N) is 1. The Bertz CT molecular complexity index is 373. The molecule has 0 aromatic heterocycles. The van der Waals surface area contributed by atoms with Gasteiger partial charge in [-0.05, 0) is 24.7 Å². The van der Waals surface area contributed by atoms with Gasteiger partial charge in [-0.2, -0.15) is 0 Å². The van der Waals surface area contributed by atoms with Crippen LogP contribution in [0, 0.1) is 5.41 Å². The summed E-state index contributed by atoms with van der Waals surface area (Å²) in [6.07, 6.45) is 17.1. The van der Waals surface area contributed by atoms with Crippen molar-refractivity contribution in [3.05, 3.63) is 0 Å². The second kappa shape index (κ2) is 19.3. The molecule has 0 unspecified atom stereocenters. The monoisotopic (exact) mass is 399 g/mol. The minimum absolute atomic E-state index is 0.267. The molecule has 0 aromatic carbocycles. The highest BCUT2D eigenvalue weighted by Crippen LogP contribution is 2.22. The van der Waals surface area contributed by atoms with E-state index >= 15 is 0 Å². The topological polar surface area (TPSA) is 57.6 Å². The molecule has 0 saturated carbocycles. The van der Waals surface area contributed by atoms with Gasteiger partial charge in [0.2, 0.25) is 5.91 Å². The highest BCUT2D eigenvalue weighted by atomic mass is 16.4. The number of carboxylic acids is 1.